The van der Waals surface area contributed by atoms with Gasteiger partial charge >= 0.3 is 0 Å². The lowest BCUT2D eigenvalue weighted by molar-refractivity contribution is 0.318. The van der Waals surface area contributed by atoms with Crippen molar-refractivity contribution in [2.45, 2.75) is 38.0 Å². The van der Waals surface area contributed by atoms with E-state index >= 15 is 0 Å². The van der Waals surface area contributed by atoms with Crippen molar-refractivity contribution in [2.24, 2.45) is 11.8 Å². The van der Waals surface area contributed by atoms with Crippen molar-refractivity contribution in [3.05, 3.63) is 65.2 Å². The van der Waals surface area contributed by atoms with Crippen LogP contribution in [0, 0.1) is 11.8 Å². The predicted octanol–water partition coefficient (Wildman–Crippen LogP) is 3.50. The van der Waals surface area contributed by atoms with E-state index in [1.54, 1.807) is 0 Å². The molecule has 2 aromatic rings. The molecule has 0 aromatic heterocycles. The van der Waals surface area contributed by atoms with Gasteiger partial charge in [-0.2, -0.15) is 0 Å². The fraction of sp³-hybridized carbons (Fsp3) is 0.520. The van der Waals surface area contributed by atoms with Crippen LogP contribution in [0.1, 0.15) is 41.9 Å². The summed E-state index contributed by atoms with van der Waals surface area (Å²) in [5, 5.41) is 3.38. The molecule has 2 aliphatic carbocycles. The van der Waals surface area contributed by atoms with Crippen LogP contribution in [-0.2, 0) is 22.9 Å². The number of hydrogen-bond acceptors (Lipinski definition) is 4. The van der Waals surface area contributed by atoms with E-state index in [2.05, 4.69) is 52.5 Å². The summed E-state index contributed by atoms with van der Waals surface area (Å²) in [6.45, 7) is 1.65. The van der Waals surface area contributed by atoms with E-state index in [0.717, 1.165) is 38.0 Å². The number of aryl methyl sites for hydroxylation is 1. The van der Waals surface area contributed by atoms with Crippen LogP contribution in [0.4, 0.5) is 0 Å². The molecular formula is C25H34N2O3S. The molecule has 1 fully saturated rings. The number of hydrogen-bond donors (Lipinski definition) is 2. The fourth-order valence-electron chi connectivity index (χ4n) is 4.70. The molecule has 0 saturated heterocycles. The van der Waals surface area contributed by atoms with Gasteiger partial charge in [-0.3, -0.25) is 0 Å². The van der Waals surface area contributed by atoms with Gasteiger partial charge in [-0.25, -0.2) is 13.1 Å². The number of ether oxygens (including phenoxy) is 1. The number of fused-ring (bicyclic) bond motifs is 1. The van der Waals surface area contributed by atoms with Gasteiger partial charge in [0.2, 0.25) is 10.0 Å². The Morgan fingerprint density at radius 2 is 1.87 bits per heavy atom. The van der Waals surface area contributed by atoms with Crippen molar-refractivity contribution < 1.29 is 13.2 Å². The van der Waals surface area contributed by atoms with E-state index in [4.69, 9.17) is 4.74 Å². The Morgan fingerprint density at radius 1 is 1.06 bits per heavy atom. The Hall–Kier alpha value is -1.89. The molecule has 6 heteroatoms. The third-order valence-electron chi connectivity index (χ3n) is 6.48. The molecule has 0 heterocycles. The maximum Gasteiger partial charge on any atom is 0.211 e. The minimum Gasteiger partial charge on any atom is -0.492 e. The van der Waals surface area contributed by atoms with Gasteiger partial charge in [0.1, 0.15) is 12.4 Å². The lowest BCUT2D eigenvalue weighted by Gasteiger charge is -2.34. The fourth-order valence-corrected chi connectivity index (χ4v) is 6.17. The van der Waals surface area contributed by atoms with Crippen LogP contribution in [0.15, 0.2) is 48.5 Å². The van der Waals surface area contributed by atoms with Gasteiger partial charge in [0.25, 0.3) is 0 Å². The molecule has 2 N–H and O–H groups in total. The highest BCUT2D eigenvalue weighted by Crippen LogP contribution is 2.40. The molecule has 2 aromatic carbocycles. The summed E-state index contributed by atoms with van der Waals surface area (Å²) >= 11 is 0. The molecule has 0 aliphatic heterocycles. The Balaban J connectivity index is 1.42. The first-order valence-corrected chi connectivity index (χ1v) is 13.1. The van der Waals surface area contributed by atoms with Crippen molar-refractivity contribution in [1.82, 2.24) is 10.0 Å². The Kier molecular flexibility index (Phi) is 7.31. The monoisotopic (exact) mass is 442 g/mol. The Bertz CT molecular complexity index is 958. The molecule has 5 nitrogen and oxygen atoms in total. The molecule has 0 spiro atoms. The van der Waals surface area contributed by atoms with Crippen LogP contribution < -0.4 is 14.8 Å². The summed E-state index contributed by atoms with van der Waals surface area (Å²) in [6.07, 6.45) is 5.36. The van der Waals surface area contributed by atoms with E-state index in [9.17, 15) is 8.42 Å². The highest BCUT2D eigenvalue weighted by Gasteiger charge is 2.30. The molecule has 2 atom stereocenters. The van der Waals surface area contributed by atoms with E-state index in [0.29, 0.717) is 30.9 Å². The average molecular weight is 443 g/mol. The van der Waals surface area contributed by atoms with Crippen LogP contribution in [-0.4, -0.2) is 40.9 Å². The first-order chi connectivity index (χ1) is 15.0. The van der Waals surface area contributed by atoms with Crippen LogP contribution in [0.2, 0.25) is 0 Å². The van der Waals surface area contributed by atoms with Crippen LogP contribution in [0.25, 0.3) is 0 Å². The smallest absolute Gasteiger partial charge is 0.211 e. The second-order valence-corrected chi connectivity index (χ2v) is 10.8. The SMILES string of the molecule is CNCC1CCc2ccc(OCCNS(=O)(=O)CC3CC3)cc2C1Cc1ccccc1. The van der Waals surface area contributed by atoms with E-state index in [-0.39, 0.29) is 5.75 Å². The molecule has 168 valence electrons. The van der Waals surface area contributed by atoms with Crippen molar-refractivity contribution in [3.8, 4) is 5.75 Å². The molecule has 1 saturated carbocycles. The minimum absolute atomic E-state index is 0.250. The average Bonchev–Trinajstić information content (AvgIpc) is 3.57. The zero-order chi connectivity index (χ0) is 21.7. The van der Waals surface area contributed by atoms with Crippen molar-refractivity contribution in [1.29, 1.82) is 0 Å². The van der Waals surface area contributed by atoms with Gasteiger partial charge < -0.3 is 10.1 Å². The first kappa shape index (κ1) is 22.3. The first-order valence-electron chi connectivity index (χ1n) is 11.5. The van der Waals surface area contributed by atoms with E-state index in [1.165, 1.54) is 23.1 Å². The van der Waals surface area contributed by atoms with Crippen LogP contribution >= 0.6 is 0 Å². The van der Waals surface area contributed by atoms with Gasteiger partial charge in [0.05, 0.1) is 5.75 Å². The number of nitrogens with one attached hydrogen (secondary N) is 2. The standard InChI is InChI=1S/C25H34N2O3S/c1-26-17-22-10-9-21-11-12-23(30-14-13-27-31(28,29)18-20-7-8-20)16-25(21)24(22)15-19-5-3-2-4-6-19/h2-6,11-12,16,20,22,24,26-27H,7-10,13-15,17-18H2,1H3. The summed E-state index contributed by atoms with van der Waals surface area (Å²) in [5.41, 5.74) is 4.14. The Morgan fingerprint density at radius 3 is 2.61 bits per heavy atom. The third kappa shape index (κ3) is 6.31. The molecule has 4 rings (SSSR count). The van der Waals surface area contributed by atoms with Crippen LogP contribution in [0.3, 0.4) is 0 Å². The molecule has 0 radical (unpaired) electrons. The second-order valence-electron chi connectivity index (χ2n) is 8.98. The Labute approximate surface area is 186 Å². The van der Waals surface area contributed by atoms with Crippen LogP contribution in [0.5, 0.6) is 5.75 Å². The molecule has 0 amide bonds. The van der Waals surface area contributed by atoms with Crippen molar-refractivity contribution >= 4 is 10.0 Å². The normalized spacial score (nSPS) is 20.9. The third-order valence-corrected chi connectivity index (χ3v) is 8.03. The largest absolute Gasteiger partial charge is 0.492 e. The van der Waals surface area contributed by atoms with Gasteiger partial charge in [-0.15, -0.1) is 0 Å². The number of sulfonamides is 1. The number of benzene rings is 2. The lowest BCUT2D eigenvalue weighted by atomic mass is 9.72. The van der Waals surface area contributed by atoms with Crippen molar-refractivity contribution in [2.75, 3.05) is 32.5 Å². The predicted molar refractivity (Wildman–Crippen MR) is 125 cm³/mol. The highest BCUT2D eigenvalue weighted by atomic mass is 32.2. The molecular weight excluding hydrogens is 408 g/mol. The van der Waals surface area contributed by atoms with E-state index in [1.807, 2.05) is 13.1 Å². The topological polar surface area (TPSA) is 67.4 Å². The highest BCUT2D eigenvalue weighted by molar-refractivity contribution is 7.89. The molecule has 31 heavy (non-hydrogen) atoms. The van der Waals surface area contributed by atoms with Gasteiger partial charge in [0.15, 0.2) is 0 Å². The maximum absolute atomic E-state index is 12.0. The zero-order valence-corrected chi connectivity index (χ0v) is 19.2. The molecule has 2 unspecified atom stereocenters. The minimum atomic E-state index is -3.18. The quantitative estimate of drug-likeness (QED) is 0.523. The lowest BCUT2D eigenvalue weighted by Crippen LogP contribution is -2.31. The van der Waals surface area contributed by atoms with Gasteiger partial charge in [-0.05, 0) is 92.3 Å². The molecule has 0 bridgehead atoms. The van der Waals surface area contributed by atoms with E-state index < -0.39 is 10.0 Å². The zero-order valence-electron chi connectivity index (χ0n) is 18.3. The summed E-state index contributed by atoms with van der Waals surface area (Å²) in [7, 11) is -1.15. The second kappa shape index (κ2) is 10.2. The van der Waals surface area contributed by atoms with Crippen molar-refractivity contribution in [3.63, 3.8) is 0 Å². The summed E-state index contributed by atoms with van der Waals surface area (Å²) in [5.74, 6) is 2.45. The summed E-state index contributed by atoms with van der Waals surface area (Å²) in [6, 6.07) is 17.1. The summed E-state index contributed by atoms with van der Waals surface area (Å²) in [4.78, 5) is 0. The summed E-state index contributed by atoms with van der Waals surface area (Å²) < 4.78 is 32.7. The van der Waals surface area contributed by atoms with Gasteiger partial charge in [0, 0.05) is 6.54 Å². The number of rotatable bonds is 11. The van der Waals surface area contributed by atoms with Gasteiger partial charge in [-0.1, -0.05) is 36.4 Å². The molecule has 2 aliphatic rings. The maximum atomic E-state index is 12.0.